The van der Waals surface area contributed by atoms with Crippen LogP contribution < -0.4 is 4.90 Å². The molecule has 0 saturated carbocycles. The Labute approximate surface area is 117 Å². The molecule has 20 heavy (non-hydrogen) atoms. The minimum atomic E-state index is -0.269. The summed E-state index contributed by atoms with van der Waals surface area (Å²) in [6.07, 6.45) is 4.68. The first kappa shape index (κ1) is 12.8. The molecule has 1 aromatic heterocycles. The first-order valence-electron chi connectivity index (χ1n) is 6.86. The summed E-state index contributed by atoms with van der Waals surface area (Å²) in [6.45, 7) is 0.790. The van der Waals surface area contributed by atoms with E-state index in [-0.39, 0.29) is 12.0 Å². The molecule has 0 radical (unpaired) electrons. The van der Waals surface area contributed by atoms with Crippen molar-refractivity contribution in [3.8, 4) is 0 Å². The van der Waals surface area contributed by atoms with Crippen LogP contribution in [0.2, 0.25) is 0 Å². The molecule has 0 aliphatic carbocycles. The van der Waals surface area contributed by atoms with Crippen LogP contribution in [0.4, 0.5) is 5.95 Å². The molecule has 104 valence electrons. The van der Waals surface area contributed by atoms with E-state index in [2.05, 4.69) is 9.97 Å². The quantitative estimate of drug-likeness (QED) is 0.783. The van der Waals surface area contributed by atoms with Gasteiger partial charge < -0.3 is 9.64 Å². The molecule has 0 N–H and O–H groups in total. The number of carbonyl (C=O) groups excluding carboxylic acids is 1. The van der Waals surface area contributed by atoms with Crippen LogP contribution in [0.25, 0.3) is 10.9 Å². The number of nitrogens with zero attached hydrogens (tertiary/aromatic N) is 3. The van der Waals surface area contributed by atoms with Crippen LogP contribution in [0.15, 0.2) is 30.5 Å². The monoisotopic (exact) mass is 271 g/mol. The molecule has 1 aliphatic heterocycles. The van der Waals surface area contributed by atoms with Gasteiger partial charge in [0.15, 0.2) is 0 Å². The highest BCUT2D eigenvalue weighted by atomic mass is 16.5. The summed E-state index contributed by atoms with van der Waals surface area (Å²) in [5, 5.41) is 1.00. The van der Waals surface area contributed by atoms with Gasteiger partial charge >= 0.3 is 5.97 Å². The van der Waals surface area contributed by atoms with Crippen molar-refractivity contribution < 1.29 is 9.53 Å². The van der Waals surface area contributed by atoms with E-state index in [1.807, 2.05) is 29.2 Å². The summed E-state index contributed by atoms with van der Waals surface area (Å²) in [7, 11) is 1.43. The van der Waals surface area contributed by atoms with E-state index < -0.39 is 0 Å². The second kappa shape index (κ2) is 5.45. The number of methoxy groups -OCH3 is 1. The zero-order valence-corrected chi connectivity index (χ0v) is 11.5. The molecule has 0 amide bonds. The molecule has 5 heteroatoms. The zero-order chi connectivity index (χ0) is 13.9. The van der Waals surface area contributed by atoms with Crippen molar-refractivity contribution in [2.75, 3.05) is 18.6 Å². The third-order valence-electron chi connectivity index (χ3n) is 3.71. The summed E-state index contributed by atoms with van der Waals surface area (Å²) >= 11 is 0. The first-order valence-corrected chi connectivity index (χ1v) is 6.86. The second-order valence-electron chi connectivity index (χ2n) is 4.96. The maximum atomic E-state index is 11.9. The number of fused-ring (bicyclic) bond motifs is 1. The van der Waals surface area contributed by atoms with Crippen LogP contribution in [-0.2, 0) is 9.53 Å². The molecule has 1 aromatic carbocycles. The van der Waals surface area contributed by atoms with Crippen LogP contribution in [-0.4, -0.2) is 35.6 Å². The SMILES string of the molecule is COC(=O)C1CCCCN1c1ncc2ccccc2n1. The van der Waals surface area contributed by atoms with Gasteiger partial charge in [-0.05, 0) is 25.3 Å². The molecule has 1 unspecified atom stereocenters. The van der Waals surface area contributed by atoms with Gasteiger partial charge in [-0.1, -0.05) is 18.2 Å². The molecule has 5 nitrogen and oxygen atoms in total. The third-order valence-corrected chi connectivity index (χ3v) is 3.71. The van der Waals surface area contributed by atoms with E-state index in [0.29, 0.717) is 5.95 Å². The molecule has 1 atom stereocenters. The van der Waals surface area contributed by atoms with Gasteiger partial charge in [-0.3, -0.25) is 0 Å². The number of rotatable bonds is 2. The second-order valence-corrected chi connectivity index (χ2v) is 4.96. The Kier molecular flexibility index (Phi) is 3.50. The summed E-state index contributed by atoms with van der Waals surface area (Å²) in [6, 6.07) is 7.58. The van der Waals surface area contributed by atoms with Crippen molar-refractivity contribution in [2.45, 2.75) is 25.3 Å². The molecule has 0 bridgehead atoms. The largest absolute Gasteiger partial charge is 0.467 e. The Morgan fingerprint density at radius 1 is 1.35 bits per heavy atom. The van der Waals surface area contributed by atoms with Crippen molar-refractivity contribution in [1.82, 2.24) is 9.97 Å². The van der Waals surface area contributed by atoms with Crippen molar-refractivity contribution in [3.05, 3.63) is 30.5 Å². The van der Waals surface area contributed by atoms with E-state index >= 15 is 0 Å². The number of carbonyl (C=O) groups is 1. The fraction of sp³-hybridized carbons (Fsp3) is 0.400. The van der Waals surface area contributed by atoms with Crippen molar-refractivity contribution in [3.63, 3.8) is 0 Å². The molecule has 1 aliphatic rings. The molecule has 2 aromatic rings. The van der Waals surface area contributed by atoms with Gasteiger partial charge in [0.2, 0.25) is 5.95 Å². The normalized spacial score (nSPS) is 19.1. The van der Waals surface area contributed by atoms with Gasteiger partial charge in [-0.25, -0.2) is 14.8 Å². The maximum absolute atomic E-state index is 11.9. The summed E-state index contributed by atoms with van der Waals surface area (Å²) < 4.78 is 4.89. The molecule has 2 heterocycles. The highest BCUT2D eigenvalue weighted by Gasteiger charge is 2.31. The topological polar surface area (TPSA) is 55.3 Å². The molecular formula is C15H17N3O2. The number of aromatic nitrogens is 2. The molecule has 3 rings (SSSR count). The van der Waals surface area contributed by atoms with Gasteiger partial charge in [0, 0.05) is 18.1 Å². The number of hydrogen-bond donors (Lipinski definition) is 0. The third kappa shape index (κ3) is 2.31. The van der Waals surface area contributed by atoms with E-state index in [1.54, 1.807) is 6.20 Å². The number of anilines is 1. The number of piperidine rings is 1. The summed E-state index contributed by atoms with van der Waals surface area (Å²) in [5.74, 6) is 0.403. The van der Waals surface area contributed by atoms with Crippen LogP contribution in [0.5, 0.6) is 0 Å². The predicted molar refractivity (Wildman–Crippen MR) is 76.5 cm³/mol. The van der Waals surface area contributed by atoms with Crippen LogP contribution >= 0.6 is 0 Å². The lowest BCUT2D eigenvalue weighted by molar-refractivity contribution is -0.142. The molecule has 0 spiro atoms. The Balaban J connectivity index is 1.96. The van der Waals surface area contributed by atoms with Crippen molar-refractivity contribution in [2.24, 2.45) is 0 Å². The number of hydrogen-bond acceptors (Lipinski definition) is 5. The van der Waals surface area contributed by atoms with Crippen molar-refractivity contribution >= 4 is 22.8 Å². The summed E-state index contributed by atoms with van der Waals surface area (Å²) in [4.78, 5) is 22.8. The average molecular weight is 271 g/mol. The van der Waals surface area contributed by atoms with Gasteiger partial charge in [0.1, 0.15) is 6.04 Å². The Hall–Kier alpha value is -2.17. The Bertz CT molecular complexity index is 629. The maximum Gasteiger partial charge on any atom is 0.328 e. The molecule has 1 fully saturated rings. The van der Waals surface area contributed by atoms with Gasteiger partial charge in [-0.2, -0.15) is 0 Å². The standard InChI is InChI=1S/C15H17N3O2/c1-20-14(19)13-8-4-5-9-18(13)15-16-10-11-6-2-3-7-12(11)17-15/h2-3,6-7,10,13H,4-5,8-9H2,1H3. The van der Waals surface area contributed by atoms with E-state index in [9.17, 15) is 4.79 Å². The average Bonchev–Trinajstić information content (AvgIpc) is 2.53. The van der Waals surface area contributed by atoms with Crippen LogP contribution in [0.3, 0.4) is 0 Å². The summed E-state index contributed by atoms with van der Waals surface area (Å²) in [5.41, 5.74) is 0.895. The predicted octanol–water partition coefficient (Wildman–Crippen LogP) is 2.16. The number of para-hydroxylation sites is 1. The van der Waals surface area contributed by atoms with Gasteiger partial charge in [-0.15, -0.1) is 0 Å². The Morgan fingerprint density at radius 2 is 2.20 bits per heavy atom. The fourth-order valence-electron chi connectivity index (χ4n) is 2.65. The molecule has 1 saturated heterocycles. The lowest BCUT2D eigenvalue weighted by atomic mass is 10.0. The number of ether oxygens (including phenoxy) is 1. The van der Waals surface area contributed by atoms with Crippen LogP contribution in [0, 0.1) is 0 Å². The van der Waals surface area contributed by atoms with E-state index in [1.165, 1.54) is 7.11 Å². The lowest BCUT2D eigenvalue weighted by Crippen LogP contribution is -2.46. The lowest BCUT2D eigenvalue weighted by Gasteiger charge is -2.33. The zero-order valence-electron chi connectivity index (χ0n) is 11.5. The number of esters is 1. The highest BCUT2D eigenvalue weighted by Crippen LogP contribution is 2.24. The van der Waals surface area contributed by atoms with E-state index in [4.69, 9.17) is 4.74 Å². The van der Waals surface area contributed by atoms with Gasteiger partial charge in [0.25, 0.3) is 0 Å². The number of benzene rings is 1. The molecular weight excluding hydrogens is 254 g/mol. The van der Waals surface area contributed by atoms with Gasteiger partial charge in [0.05, 0.1) is 12.6 Å². The first-order chi connectivity index (χ1) is 9.79. The van der Waals surface area contributed by atoms with Crippen LogP contribution in [0.1, 0.15) is 19.3 Å². The fourth-order valence-corrected chi connectivity index (χ4v) is 2.65. The van der Waals surface area contributed by atoms with Crippen molar-refractivity contribution in [1.29, 1.82) is 0 Å². The minimum absolute atomic E-state index is 0.207. The van der Waals surface area contributed by atoms with E-state index in [0.717, 1.165) is 36.7 Å². The highest BCUT2D eigenvalue weighted by molar-refractivity contribution is 5.81. The smallest absolute Gasteiger partial charge is 0.328 e. The minimum Gasteiger partial charge on any atom is -0.467 e. The Morgan fingerprint density at radius 3 is 3.05 bits per heavy atom.